The molecule has 6 heteroatoms. The molecule has 0 bridgehead atoms. The van der Waals surface area contributed by atoms with Gasteiger partial charge in [-0.3, -0.25) is 4.79 Å². The number of fused-ring (bicyclic) bond motifs is 1. The number of phenolic OH excluding ortho intramolecular Hbond substituents is 2. The van der Waals surface area contributed by atoms with Gasteiger partial charge < -0.3 is 20.1 Å². The monoisotopic (exact) mass is 298 g/mol. The first kappa shape index (κ1) is 13.7. The Kier molecular flexibility index (Phi) is 3.06. The third kappa shape index (κ3) is 2.26. The van der Waals surface area contributed by atoms with Crippen molar-refractivity contribution in [1.29, 1.82) is 0 Å². The van der Waals surface area contributed by atoms with E-state index >= 15 is 0 Å². The number of carbonyl (C=O) groups is 2. The lowest BCUT2D eigenvalue weighted by atomic mass is 10.1. The van der Waals surface area contributed by atoms with Crippen LogP contribution in [0.1, 0.15) is 26.3 Å². The number of ether oxygens (including phenoxy) is 1. The highest BCUT2D eigenvalue weighted by atomic mass is 16.5. The summed E-state index contributed by atoms with van der Waals surface area (Å²) >= 11 is 0. The van der Waals surface area contributed by atoms with E-state index in [9.17, 15) is 19.8 Å². The van der Waals surface area contributed by atoms with Crippen LogP contribution in [0.4, 0.5) is 0 Å². The van der Waals surface area contributed by atoms with Crippen LogP contribution in [-0.2, 0) is 0 Å². The zero-order valence-electron chi connectivity index (χ0n) is 11.1. The van der Waals surface area contributed by atoms with E-state index in [0.29, 0.717) is 5.56 Å². The van der Waals surface area contributed by atoms with Gasteiger partial charge in [0, 0.05) is 6.07 Å². The van der Waals surface area contributed by atoms with Crippen LogP contribution in [0.3, 0.4) is 0 Å². The first-order chi connectivity index (χ1) is 10.5. The van der Waals surface area contributed by atoms with Crippen molar-refractivity contribution in [2.45, 2.75) is 0 Å². The molecule has 0 unspecified atom stereocenters. The Morgan fingerprint density at radius 1 is 1.05 bits per heavy atom. The van der Waals surface area contributed by atoms with Crippen molar-refractivity contribution < 1.29 is 29.6 Å². The fourth-order valence-electron chi connectivity index (χ4n) is 2.09. The molecule has 1 aliphatic rings. The second-order valence-corrected chi connectivity index (χ2v) is 4.70. The first-order valence-electron chi connectivity index (χ1n) is 6.29. The standard InChI is InChI=1S/C16H10O6/c17-11-6-10-13(7-12(11)18)22-14(15(10)19)5-8-1-3-9(4-2-8)16(20)21/h1-7,17-18H,(H,20,21)/b14-5-. The summed E-state index contributed by atoms with van der Waals surface area (Å²) in [6.45, 7) is 0. The number of carbonyl (C=O) groups excluding carboxylic acids is 1. The SMILES string of the molecule is O=C(O)c1ccc(/C=C2\Oc3cc(O)c(O)cc3C2=O)cc1. The Hall–Kier alpha value is -3.28. The maximum atomic E-state index is 12.2. The average molecular weight is 298 g/mol. The number of ketones is 1. The second kappa shape index (κ2) is 4.92. The molecule has 2 aromatic carbocycles. The highest BCUT2D eigenvalue weighted by Gasteiger charge is 2.29. The summed E-state index contributed by atoms with van der Waals surface area (Å²) in [4.78, 5) is 22.9. The fourth-order valence-corrected chi connectivity index (χ4v) is 2.09. The minimum Gasteiger partial charge on any atom is -0.504 e. The number of carboxylic acid groups (broad SMARTS) is 1. The molecular formula is C16H10O6. The molecular weight excluding hydrogens is 288 g/mol. The molecule has 22 heavy (non-hydrogen) atoms. The second-order valence-electron chi connectivity index (χ2n) is 4.70. The number of carboxylic acids is 1. The van der Waals surface area contributed by atoms with E-state index < -0.39 is 17.5 Å². The molecule has 2 aromatic rings. The zero-order valence-corrected chi connectivity index (χ0v) is 11.1. The number of rotatable bonds is 2. The highest BCUT2D eigenvalue weighted by Crippen LogP contribution is 2.39. The zero-order chi connectivity index (χ0) is 15.9. The van der Waals surface area contributed by atoms with Gasteiger partial charge in [-0.25, -0.2) is 4.79 Å². The molecule has 3 N–H and O–H groups in total. The Bertz CT molecular complexity index is 817. The first-order valence-corrected chi connectivity index (χ1v) is 6.29. The molecule has 6 nitrogen and oxygen atoms in total. The van der Waals surface area contributed by atoms with E-state index in [1.54, 1.807) is 12.1 Å². The van der Waals surface area contributed by atoms with Crippen LogP contribution in [0.2, 0.25) is 0 Å². The number of allylic oxidation sites excluding steroid dienone is 1. The normalized spacial score (nSPS) is 14.7. The molecule has 0 saturated carbocycles. The molecule has 0 spiro atoms. The summed E-state index contributed by atoms with van der Waals surface area (Å²) in [5, 5.41) is 27.7. The van der Waals surface area contributed by atoms with Gasteiger partial charge in [0.15, 0.2) is 17.3 Å². The minimum absolute atomic E-state index is 0.0306. The molecule has 0 radical (unpaired) electrons. The Morgan fingerprint density at radius 2 is 1.68 bits per heavy atom. The smallest absolute Gasteiger partial charge is 0.335 e. The predicted octanol–water partition coefficient (Wildman–Crippen LogP) is 2.41. The summed E-state index contributed by atoms with van der Waals surface area (Å²) in [6.07, 6.45) is 1.46. The summed E-state index contributed by atoms with van der Waals surface area (Å²) in [7, 11) is 0. The van der Waals surface area contributed by atoms with Gasteiger partial charge in [0.25, 0.3) is 0 Å². The topological polar surface area (TPSA) is 104 Å². The van der Waals surface area contributed by atoms with Crippen molar-refractivity contribution in [2.75, 3.05) is 0 Å². The number of hydrogen-bond acceptors (Lipinski definition) is 5. The summed E-state index contributed by atoms with van der Waals surface area (Å²) in [5.74, 6) is -2.04. The van der Waals surface area contributed by atoms with Crippen LogP contribution in [-0.4, -0.2) is 27.1 Å². The van der Waals surface area contributed by atoms with Crippen LogP contribution < -0.4 is 4.74 Å². The van der Waals surface area contributed by atoms with Crippen molar-refractivity contribution in [3.05, 3.63) is 58.8 Å². The molecule has 0 aromatic heterocycles. The maximum Gasteiger partial charge on any atom is 0.335 e. The summed E-state index contributed by atoms with van der Waals surface area (Å²) in [6, 6.07) is 8.23. The Labute approximate surface area is 124 Å². The Morgan fingerprint density at radius 3 is 2.32 bits per heavy atom. The number of phenols is 2. The fraction of sp³-hybridized carbons (Fsp3) is 0. The van der Waals surface area contributed by atoms with Crippen molar-refractivity contribution in [2.24, 2.45) is 0 Å². The summed E-state index contributed by atoms with van der Waals surface area (Å²) < 4.78 is 5.36. The van der Waals surface area contributed by atoms with Gasteiger partial charge in [-0.15, -0.1) is 0 Å². The van der Waals surface area contributed by atoms with Crippen molar-refractivity contribution in [3.8, 4) is 17.2 Å². The van der Waals surface area contributed by atoms with Crippen LogP contribution in [0.25, 0.3) is 6.08 Å². The molecule has 0 fully saturated rings. The van der Waals surface area contributed by atoms with Crippen LogP contribution >= 0.6 is 0 Å². The van der Waals surface area contributed by atoms with Gasteiger partial charge in [0.05, 0.1) is 11.1 Å². The molecule has 0 atom stereocenters. The van der Waals surface area contributed by atoms with Crippen molar-refractivity contribution >= 4 is 17.8 Å². The van der Waals surface area contributed by atoms with Crippen LogP contribution in [0.15, 0.2) is 42.2 Å². The van der Waals surface area contributed by atoms with E-state index in [1.165, 1.54) is 18.2 Å². The number of Topliss-reactive ketones (excluding diaryl/α,β-unsaturated/α-hetero) is 1. The van der Waals surface area contributed by atoms with Crippen molar-refractivity contribution in [1.82, 2.24) is 0 Å². The van der Waals surface area contributed by atoms with Gasteiger partial charge in [-0.05, 0) is 29.8 Å². The molecule has 1 aliphatic heterocycles. The van der Waals surface area contributed by atoms with Gasteiger partial charge in [-0.1, -0.05) is 12.1 Å². The summed E-state index contributed by atoms with van der Waals surface area (Å²) in [5.41, 5.74) is 0.886. The molecule has 1 heterocycles. The number of hydrogen-bond donors (Lipinski definition) is 3. The average Bonchev–Trinajstić information content (AvgIpc) is 2.77. The van der Waals surface area contributed by atoms with Gasteiger partial charge in [0.1, 0.15) is 5.75 Å². The third-order valence-corrected chi connectivity index (χ3v) is 3.22. The number of aromatic carboxylic acids is 1. The van der Waals surface area contributed by atoms with E-state index in [2.05, 4.69) is 0 Å². The predicted molar refractivity (Wildman–Crippen MR) is 76.1 cm³/mol. The third-order valence-electron chi connectivity index (χ3n) is 3.22. The van der Waals surface area contributed by atoms with Gasteiger partial charge >= 0.3 is 5.97 Å². The highest BCUT2D eigenvalue weighted by molar-refractivity contribution is 6.14. The number of aromatic hydroxyl groups is 2. The van der Waals surface area contributed by atoms with Crippen LogP contribution in [0.5, 0.6) is 17.2 Å². The van der Waals surface area contributed by atoms with Gasteiger partial charge in [-0.2, -0.15) is 0 Å². The van der Waals surface area contributed by atoms with E-state index in [0.717, 1.165) is 12.1 Å². The molecule has 110 valence electrons. The van der Waals surface area contributed by atoms with E-state index in [4.69, 9.17) is 9.84 Å². The van der Waals surface area contributed by atoms with Crippen molar-refractivity contribution in [3.63, 3.8) is 0 Å². The number of benzene rings is 2. The lowest BCUT2D eigenvalue weighted by Crippen LogP contribution is -1.98. The maximum absolute atomic E-state index is 12.2. The minimum atomic E-state index is -1.04. The molecule has 0 saturated heterocycles. The molecule has 3 rings (SSSR count). The lowest BCUT2D eigenvalue weighted by Gasteiger charge is -2.00. The van der Waals surface area contributed by atoms with E-state index in [-0.39, 0.29) is 28.4 Å². The lowest BCUT2D eigenvalue weighted by molar-refractivity contribution is 0.0696. The largest absolute Gasteiger partial charge is 0.504 e. The molecule has 0 amide bonds. The van der Waals surface area contributed by atoms with Crippen LogP contribution in [0, 0.1) is 0 Å². The van der Waals surface area contributed by atoms with E-state index in [1.807, 2.05) is 0 Å². The van der Waals surface area contributed by atoms with Gasteiger partial charge in [0.2, 0.25) is 5.78 Å². The Balaban J connectivity index is 1.94. The molecule has 0 aliphatic carbocycles. The quantitative estimate of drug-likeness (QED) is 0.581.